The zero-order valence-corrected chi connectivity index (χ0v) is 29.5. The fourth-order valence-electron chi connectivity index (χ4n) is 7.79. The van der Waals surface area contributed by atoms with E-state index >= 15 is 0 Å². The molecular formula is C52H34N2. The fraction of sp³-hybridized carbons (Fsp3) is 0. The van der Waals surface area contributed by atoms with Crippen molar-refractivity contribution in [3.63, 3.8) is 0 Å². The van der Waals surface area contributed by atoms with E-state index in [-0.39, 0.29) is 0 Å². The van der Waals surface area contributed by atoms with Gasteiger partial charge in [0.2, 0.25) is 0 Å². The summed E-state index contributed by atoms with van der Waals surface area (Å²) in [5.74, 6) is 0.705. The molecule has 2 heteroatoms. The predicted molar refractivity (Wildman–Crippen MR) is 227 cm³/mol. The van der Waals surface area contributed by atoms with Gasteiger partial charge in [0.1, 0.15) is 0 Å². The fourth-order valence-corrected chi connectivity index (χ4v) is 7.79. The molecule has 54 heavy (non-hydrogen) atoms. The SMILES string of the molecule is c1ccc(-c2cccc(-c3cc(-c4cccc(-c5cccc(-c6c7ccccc7cc7c6ccc6ccccc67)c5)c4)nc(-c4ccccc4)n3)c2)cc1. The van der Waals surface area contributed by atoms with Crippen LogP contribution >= 0.6 is 0 Å². The summed E-state index contributed by atoms with van der Waals surface area (Å²) < 4.78 is 0. The van der Waals surface area contributed by atoms with Crippen LogP contribution in [0, 0.1) is 0 Å². The molecule has 0 aliphatic carbocycles. The average molecular weight is 687 g/mol. The molecule has 2 nitrogen and oxygen atoms in total. The minimum absolute atomic E-state index is 0.705. The number of rotatable bonds is 6. The first-order valence-corrected chi connectivity index (χ1v) is 18.4. The molecule has 0 aliphatic heterocycles. The summed E-state index contributed by atoms with van der Waals surface area (Å²) >= 11 is 0. The Balaban J connectivity index is 1.10. The second-order valence-electron chi connectivity index (χ2n) is 13.8. The summed E-state index contributed by atoms with van der Waals surface area (Å²) in [5, 5.41) is 7.56. The zero-order valence-electron chi connectivity index (χ0n) is 29.5. The lowest BCUT2D eigenvalue weighted by molar-refractivity contribution is 1.18. The molecule has 1 aromatic heterocycles. The van der Waals surface area contributed by atoms with Crippen LogP contribution in [0.3, 0.4) is 0 Å². The van der Waals surface area contributed by atoms with Gasteiger partial charge in [-0.25, -0.2) is 9.97 Å². The van der Waals surface area contributed by atoms with E-state index in [1.807, 2.05) is 24.3 Å². The molecule has 0 saturated carbocycles. The number of aromatic nitrogens is 2. The first-order chi connectivity index (χ1) is 26.7. The van der Waals surface area contributed by atoms with E-state index in [4.69, 9.17) is 9.97 Å². The van der Waals surface area contributed by atoms with Crippen LogP contribution in [0.15, 0.2) is 206 Å². The summed E-state index contributed by atoms with van der Waals surface area (Å²) in [6.45, 7) is 0. The second kappa shape index (κ2) is 13.4. The van der Waals surface area contributed by atoms with Crippen molar-refractivity contribution in [2.45, 2.75) is 0 Å². The van der Waals surface area contributed by atoms with E-state index in [2.05, 4.69) is 182 Å². The van der Waals surface area contributed by atoms with Crippen LogP contribution in [0.25, 0.3) is 99.6 Å². The third-order valence-corrected chi connectivity index (χ3v) is 10.4. The highest BCUT2D eigenvalue weighted by molar-refractivity contribution is 6.20. The lowest BCUT2D eigenvalue weighted by Gasteiger charge is -2.15. The van der Waals surface area contributed by atoms with Crippen LogP contribution in [-0.4, -0.2) is 9.97 Å². The van der Waals surface area contributed by atoms with Gasteiger partial charge in [-0.3, -0.25) is 0 Å². The quantitative estimate of drug-likeness (QED) is 0.129. The maximum atomic E-state index is 5.16. The Kier molecular flexibility index (Phi) is 7.85. The van der Waals surface area contributed by atoms with Gasteiger partial charge >= 0.3 is 0 Å². The zero-order chi connectivity index (χ0) is 35.8. The van der Waals surface area contributed by atoms with Gasteiger partial charge in [0.25, 0.3) is 0 Å². The van der Waals surface area contributed by atoms with Gasteiger partial charge in [-0.15, -0.1) is 0 Å². The van der Waals surface area contributed by atoms with Gasteiger partial charge in [-0.05, 0) is 96.0 Å². The molecule has 0 atom stereocenters. The Morgan fingerprint density at radius 1 is 0.241 bits per heavy atom. The summed E-state index contributed by atoms with van der Waals surface area (Å²) in [6, 6.07) is 73.5. The Bertz CT molecular complexity index is 2980. The Hall–Kier alpha value is -7.16. The molecule has 0 amide bonds. The van der Waals surface area contributed by atoms with Crippen molar-refractivity contribution in [1.82, 2.24) is 9.97 Å². The molecule has 0 spiro atoms. The molecule has 0 unspecified atom stereocenters. The van der Waals surface area contributed by atoms with E-state index in [0.29, 0.717) is 5.82 Å². The molecule has 0 bridgehead atoms. The number of fused-ring (bicyclic) bond motifs is 4. The van der Waals surface area contributed by atoms with Crippen molar-refractivity contribution in [2.24, 2.45) is 0 Å². The van der Waals surface area contributed by atoms with Gasteiger partial charge in [-0.1, -0.05) is 176 Å². The van der Waals surface area contributed by atoms with Crippen LogP contribution < -0.4 is 0 Å². The molecule has 0 aliphatic rings. The Morgan fingerprint density at radius 3 is 1.39 bits per heavy atom. The second-order valence-corrected chi connectivity index (χ2v) is 13.8. The predicted octanol–water partition coefficient (Wildman–Crippen LogP) is 13.9. The number of nitrogens with zero attached hydrogens (tertiary/aromatic N) is 2. The number of benzene rings is 9. The van der Waals surface area contributed by atoms with E-state index < -0.39 is 0 Å². The number of hydrogen-bond donors (Lipinski definition) is 0. The maximum absolute atomic E-state index is 5.16. The van der Waals surface area contributed by atoms with Crippen molar-refractivity contribution in [3.05, 3.63) is 206 Å². The molecule has 0 radical (unpaired) electrons. The van der Waals surface area contributed by atoms with E-state index in [1.54, 1.807) is 0 Å². The van der Waals surface area contributed by atoms with Crippen LogP contribution in [0.2, 0.25) is 0 Å². The van der Waals surface area contributed by atoms with Crippen molar-refractivity contribution in [3.8, 4) is 67.3 Å². The molecule has 0 saturated heterocycles. The van der Waals surface area contributed by atoms with Gasteiger partial charge in [-0.2, -0.15) is 0 Å². The molecular weight excluding hydrogens is 653 g/mol. The van der Waals surface area contributed by atoms with Gasteiger partial charge in [0.05, 0.1) is 11.4 Å². The first kappa shape index (κ1) is 31.6. The van der Waals surface area contributed by atoms with Crippen molar-refractivity contribution in [2.75, 3.05) is 0 Å². The van der Waals surface area contributed by atoms with E-state index in [1.165, 1.54) is 49.0 Å². The Labute approximate surface area is 314 Å². The lowest BCUT2D eigenvalue weighted by Crippen LogP contribution is -1.96. The smallest absolute Gasteiger partial charge is 0.160 e. The largest absolute Gasteiger partial charge is 0.228 e. The molecule has 1 heterocycles. The van der Waals surface area contributed by atoms with E-state index in [0.717, 1.165) is 44.8 Å². The van der Waals surface area contributed by atoms with Crippen molar-refractivity contribution < 1.29 is 0 Å². The summed E-state index contributed by atoms with van der Waals surface area (Å²) in [5.41, 5.74) is 11.9. The third kappa shape index (κ3) is 5.81. The van der Waals surface area contributed by atoms with E-state index in [9.17, 15) is 0 Å². The van der Waals surface area contributed by atoms with Crippen LogP contribution in [0.4, 0.5) is 0 Å². The molecule has 9 aromatic carbocycles. The van der Waals surface area contributed by atoms with Crippen molar-refractivity contribution in [1.29, 1.82) is 0 Å². The summed E-state index contributed by atoms with van der Waals surface area (Å²) in [4.78, 5) is 10.3. The monoisotopic (exact) mass is 686 g/mol. The highest BCUT2D eigenvalue weighted by Crippen LogP contribution is 2.41. The molecule has 10 rings (SSSR count). The van der Waals surface area contributed by atoms with Gasteiger partial charge in [0, 0.05) is 16.7 Å². The summed E-state index contributed by atoms with van der Waals surface area (Å²) in [6.07, 6.45) is 0. The van der Waals surface area contributed by atoms with Crippen molar-refractivity contribution >= 4 is 32.3 Å². The third-order valence-electron chi connectivity index (χ3n) is 10.4. The minimum atomic E-state index is 0.705. The average Bonchev–Trinajstić information content (AvgIpc) is 3.26. The number of hydrogen-bond acceptors (Lipinski definition) is 2. The van der Waals surface area contributed by atoms with Crippen LogP contribution in [0.5, 0.6) is 0 Å². The van der Waals surface area contributed by atoms with Crippen LogP contribution in [0.1, 0.15) is 0 Å². The molecule has 0 N–H and O–H groups in total. The topological polar surface area (TPSA) is 25.8 Å². The maximum Gasteiger partial charge on any atom is 0.160 e. The summed E-state index contributed by atoms with van der Waals surface area (Å²) in [7, 11) is 0. The van der Waals surface area contributed by atoms with Crippen LogP contribution in [-0.2, 0) is 0 Å². The first-order valence-electron chi connectivity index (χ1n) is 18.4. The molecule has 0 fully saturated rings. The minimum Gasteiger partial charge on any atom is -0.228 e. The van der Waals surface area contributed by atoms with Gasteiger partial charge < -0.3 is 0 Å². The van der Waals surface area contributed by atoms with Gasteiger partial charge in [0.15, 0.2) is 5.82 Å². The lowest BCUT2D eigenvalue weighted by atomic mass is 9.88. The molecule has 252 valence electrons. The normalized spacial score (nSPS) is 11.3. The standard InChI is InChI=1S/C52H34N2/c1-3-14-35(15-4-1)38-20-11-23-42(30-38)49-34-50(54-52(53-49)37-17-5-2-6-18-37)43-24-12-21-39(31-43)40-22-13-25-44(32-40)51-46-27-10-8-19-41(46)33-48-45-26-9-7-16-36(45)28-29-47(48)51/h1-34H. The highest BCUT2D eigenvalue weighted by Gasteiger charge is 2.15. The molecule has 10 aromatic rings. The Morgan fingerprint density at radius 2 is 0.722 bits per heavy atom. The highest BCUT2D eigenvalue weighted by atomic mass is 14.9.